The fourth-order valence-corrected chi connectivity index (χ4v) is 0.622. The third-order valence-corrected chi connectivity index (χ3v) is 1.32. The topological polar surface area (TPSA) is 26.3 Å². The van der Waals surface area contributed by atoms with Crippen LogP contribution in [-0.2, 0) is 9.53 Å². The van der Waals surface area contributed by atoms with Crippen LogP contribution in [-0.4, -0.2) is 19.3 Å². The van der Waals surface area contributed by atoms with Crippen LogP contribution < -0.4 is 0 Å². The molecule has 0 aromatic rings. The molecule has 0 heterocycles. The number of carbonyl (C=O) groups is 1. The van der Waals surface area contributed by atoms with E-state index in [-0.39, 0.29) is 11.1 Å². The zero-order chi connectivity index (χ0) is 11.9. The second kappa shape index (κ2) is 6.04. The molecule has 0 amide bonds. The highest BCUT2D eigenvalue weighted by molar-refractivity contribution is 5.80. The number of rotatable bonds is 4. The van der Waals surface area contributed by atoms with Crippen LogP contribution >= 0.6 is 0 Å². The van der Waals surface area contributed by atoms with Gasteiger partial charge in [0.05, 0.1) is 6.61 Å². The van der Waals surface area contributed by atoms with Crippen molar-refractivity contribution in [3.05, 3.63) is 23.8 Å². The molecule has 0 aliphatic carbocycles. The van der Waals surface area contributed by atoms with Crippen LogP contribution in [0.1, 0.15) is 6.92 Å². The molecule has 0 aliphatic heterocycles. The van der Waals surface area contributed by atoms with Crippen molar-refractivity contribution >= 4 is 6.29 Å². The van der Waals surface area contributed by atoms with Crippen molar-refractivity contribution in [2.45, 2.75) is 13.3 Å². The summed E-state index contributed by atoms with van der Waals surface area (Å²) in [5.41, 5.74) is -0.0707. The molecule has 0 N–H and O–H groups in total. The van der Waals surface area contributed by atoms with E-state index in [0.29, 0.717) is 6.29 Å². The average molecular weight is 218 g/mol. The number of ether oxygens (including phenoxy) is 1. The van der Waals surface area contributed by atoms with E-state index in [1.165, 1.54) is 13.0 Å². The smallest absolute Gasteiger partial charge is 0.298 e. The van der Waals surface area contributed by atoms with Gasteiger partial charge < -0.3 is 0 Å². The number of aldehydes is 1. The monoisotopic (exact) mass is 218 g/mol. The Morgan fingerprint density at radius 1 is 1.53 bits per heavy atom. The lowest BCUT2D eigenvalue weighted by Gasteiger charge is -2.08. The first-order valence-electron chi connectivity index (χ1n) is 3.87. The van der Waals surface area contributed by atoms with Crippen molar-refractivity contribution in [3.8, 4) is 11.8 Å². The van der Waals surface area contributed by atoms with Crippen molar-refractivity contribution in [2.24, 2.45) is 0 Å². The molecular weight excluding hydrogens is 209 g/mol. The summed E-state index contributed by atoms with van der Waals surface area (Å²) in [7, 11) is 0. The Hall–Kier alpha value is -1.54. The highest BCUT2D eigenvalue weighted by atomic mass is 19.4. The first-order valence-corrected chi connectivity index (χ1v) is 3.87. The Kier molecular flexibility index (Phi) is 5.42. The number of alkyl halides is 3. The zero-order valence-corrected chi connectivity index (χ0v) is 8.02. The van der Waals surface area contributed by atoms with Gasteiger partial charge >= 0.3 is 6.36 Å². The number of carbonyl (C=O) groups excluding carboxylic acids is 1. The maximum absolute atomic E-state index is 11.6. The van der Waals surface area contributed by atoms with Gasteiger partial charge in [0.1, 0.15) is 0 Å². The van der Waals surface area contributed by atoms with E-state index in [1.807, 2.05) is 0 Å². The van der Waals surface area contributed by atoms with Gasteiger partial charge in [-0.2, -0.15) is 0 Å². The molecule has 15 heavy (non-hydrogen) atoms. The van der Waals surface area contributed by atoms with E-state index < -0.39 is 13.0 Å². The van der Waals surface area contributed by atoms with Crippen LogP contribution in [0.4, 0.5) is 13.2 Å². The fraction of sp³-hybridized carbons (Fsp3) is 0.300. The number of halogens is 3. The highest BCUT2D eigenvalue weighted by Gasteiger charge is 2.29. The third kappa shape index (κ3) is 6.52. The van der Waals surface area contributed by atoms with Crippen LogP contribution in [0.15, 0.2) is 23.8 Å². The number of hydrogen-bond acceptors (Lipinski definition) is 2. The Morgan fingerprint density at radius 3 is 2.53 bits per heavy atom. The summed E-state index contributed by atoms with van der Waals surface area (Å²) in [5.74, 6) is 4.91. The second-order valence-corrected chi connectivity index (χ2v) is 2.45. The predicted octanol–water partition coefficient (Wildman–Crippen LogP) is 2.23. The minimum absolute atomic E-state index is 0.00593. The average Bonchev–Trinajstić information content (AvgIpc) is 2.15. The Morgan fingerprint density at radius 2 is 2.13 bits per heavy atom. The lowest BCUT2D eigenvalue weighted by molar-refractivity contribution is -0.320. The van der Waals surface area contributed by atoms with E-state index >= 15 is 0 Å². The molecule has 82 valence electrons. The van der Waals surface area contributed by atoms with Gasteiger partial charge in [0.25, 0.3) is 0 Å². The molecule has 2 nitrogen and oxygen atoms in total. The van der Waals surface area contributed by atoms with Crippen molar-refractivity contribution < 1.29 is 22.7 Å². The summed E-state index contributed by atoms with van der Waals surface area (Å²) < 4.78 is 38.4. The maximum Gasteiger partial charge on any atom is 0.522 e. The molecule has 0 saturated heterocycles. The van der Waals surface area contributed by atoms with E-state index in [0.717, 1.165) is 0 Å². The van der Waals surface area contributed by atoms with E-state index in [4.69, 9.17) is 0 Å². The van der Waals surface area contributed by atoms with Crippen molar-refractivity contribution in [2.75, 3.05) is 6.61 Å². The molecule has 0 aliphatic rings. The lowest BCUT2D eigenvalue weighted by atomic mass is 10.1. The maximum atomic E-state index is 11.6. The molecular formula is C10H9F3O2. The molecule has 0 saturated carbocycles. The first kappa shape index (κ1) is 13.5. The van der Waals surface area contributed by atoms with Crippen molar-refractivity contribution in [3.63, 3.8) is 0 Å². The second-order valence-electron chi connectivity index (χ2n) is 2.45. The summed E-state index contributed by atoms with van der Waals surface area (Å²) >= 11 is 0. The Bertz CT molecular complexity index is 329. The van der Waals surface area contributed by atoms with Crippen molar-refractivity contribution in [1.82, 2.24) is 0 Å². The molecule has 0 aromatic heterocycles. The molecule has 0 fully saturated rings. The fourth-order valence-electron chi connectivity index (χ4n) is 0.622. The predicted molar refractivity (Wildman–Crippen MR) is 48.7 cm³/mol. The minimum Gasteiger partial charge on any atom is -0.298 e. The largest absolute Gasteiger partial charge is 0.522 e. The van der Waals surface area contributed by atoms with Crippen LogP contribution in [0.5, 0.6) is 0 Å². The first-order chi connectivity index (χ1) is 6.90. The third-order valence-electron chi connectivity index (χ3n) is 1.32. The summed E-state index contributed by atoms with van der Waals surface area (Å²) in [6.07, 6.45) is -3.16. The minimum atomic E-state index is -4.73. The van der Waals surface area contributed by atoms with Crippen molar-refractivity contribution in [1.29, 1.82) is 0 Å². The quantitative estimate of drug-likeness (QED) is 0.313. The van der Waals surface area contributed by atoms with Crippen LogP contribution in [0.25, 0.3) is 0 Å². The summed E-state index contributed by atoms with van der Waals surface area (Å²) in [6.45, 7) is 4.05. The summed E-state index contributed by atoms with van der Waals surface area (Å²) in [4.78, 5) is 10.4. The van der Waals surface area contributed by atoms with Gasteiger partial charge in [-0.15, -0.1) is 19.1 Å². The van der Waals surface area contributed by atoms with Gasteiger partial charge in [-0.05, 0) is 18.6 Å². The van der Waals surface area contributed by atoms with E-state index in [1.54, 1.807) is 0 Å². The molecule has 0 aromatic carbocycles. The Labute approximate surface area is 85.4 Å². The summed E-state index contributed by atoms with van der Waals surface area (Å²) in [5, 5.41) is 0. The molecule has 0 unspecified atom stereocenters. The molecule has 5 heteroatoms. The van der Waals surface area contributed by atoms with E-state index in [2.05, 4.69) is 23.2 Å². The van der Waals surface area contributed by atoms with Crippen LogP contribution in [0.2, 0.25) is 0 Å². The normalized spacial score (nSPS) is 11.6. The number of hydrogen-bond donors (Lipinski definition) is 0. The standard InChI is InChI=1S/C10H9F3O2/c1-3-4-5-9(6-14)8(2)7-15-10(11,12)13/h5-6H,2,7H2,1H3/b9-5-. The van der Waals surface area contributed by atoms with E-state index in [9.17, 15) is 18.0 Å². The number of allylic oxidation sites excluding steroid dienone is 1. The Balaban J connectivity index is 4.41. The highest BCUT2D eigenvalue weighted by Crippen LogP contribution is 2.18. The summed E-state index contributed by atoms with van der Waals surface area (Å²) in [6, 6.07) is 0. The molecule has 0 spiro atoms. The molecule has 0 atom stereocenters. The lowest BCUT2D eigenvalue weighted by Crippen LogP contribution is -2.15. The molecule has 0 radical (unpaired) electrons. The zero-order valence-electron chi connectivity index (χ0n) is 8.02. The van der Waals surface area contributed by atoms with Gasteiger partial charge in [-0.25, -0.2) is 0 Å². The van der Waals surface area contributed by atoms with Gasteiger partial charge in [0.15, 0.2) is 6.29 Å². The van der Waals surface area contributed by atoms with Crippen LogP contribution in [0, 0.1) is 11.8 Å². The van der Waals surface area contributed by atoms with Gasteiger partial charge in [0, 0.05) is 5.57 Å². The van der Waals surface area contributed by atoms with Gasteiger partial charge in [-0.3, -0.25) is 9.53 Å². The molecule has 0 bridgehead atoms. The van der Waals surface area contributed by atoms with Gasteiger partial charge in [-0.1, -0.05) is 12.5 Å². The van der Waals surface area contributed by atoms with Crippen LogP contribution in [0.3, 0.4) is 0 Å². The van der Waals surface area contributed by atoms with Gasteiger partial charge in [0.2, 0.25) is 0 Å². The molecule has 0 rings (SSSR count). The SMILES string of the molecule is C=C(COC(F)(F)F)/C(C=O)=C\C#CC.